The Morgan fingerprint density at radius 1 is 1.03 bits per heavy atom. The van der Waals surface area contributed by atoms with Gasteiger partial charge < -0.3 is 15.2 Å². The van der Waals surface area contributed by atoms with Crippen molar-refractivity contribution in [3.05, 3.63) is 65.0 Å². The van der Waals surface area contributed by atoms with Gasteiger partial charge in [0.2, 0.25) is 11.8 Å². The molecular formula is C23H24F3N5O2S. The predicted octanol–water partition coefficient (Wildman–Crippen LogP) is 4.85. The normalized spacial score (nSPS) is 11.4. The molecule has 0 aliphatic carbocycles. The molecule has 0 bridgehead atoms. The summed E-state index contributed by atoms with van der Waals surface area (Å²) in [5.41, 5.74) is 1.93. The Bertz CT molecular complexity index is 1190. The SMILES string of the molecule is CCn1c(CC(=O)Nc2cccc(C(F)(F)F)c2)nnc1SCC(=O)Nc1cc(C)ccc1C. The second-order valence-corrected chi connectivity index (χ2v) is 8.54. The number of benzene rings is 2. The van der Waals surface area contributed by atoms with Crippen molar-refractivity contribution < 1.29 is 22.8 Å². The number of rotatable bonds is 8. The maximum Gasteiger partial charge on any atom is 0.416 e. The first kappa shape index (κ1) is 25.3. The molecule has 0 saturated carbocycles. The van der Waals surface area contributed by atoms with Crippen molar-refractivity contribution in [3.63, 3.8) is 0 Å². The van der Waals surface area contributed by atoms with Gasteiger partial charge in [0.05, 0.1) is 17.7 Å². The zero-order valence-electron chi connectivity index (χ0n) is 18.9. The van der Waals surface area contributed by atoms with Crippen LogP contribution in [0, 0.1) is 13.8 Å². The van der Waals surface area contributed by atoms with Gasteiger partial charge in [-0.25, -0.2) is 0 Å². The number of nitrogens with one attached hydrogen (secondary N) is 2. The first-order valence-corrected chi connectivity index (χ1v) is 11.4. The lowest BCUT2D eigenvalue weighted by Crippen LogP contribution is -2.18. The minimum Gasteiger partial charge on any atom is -0.326 e. The highest BCUT2D eigenvalue weighted by Crippen LogP contribution is 2.30. The number of anilines is 2. The molecule has 3 aromatic rings. The molecule has 0 aliphatic heterocycles. The number of amides is 2. The number of nitrogens with zero attached hydrogens (tertiary/aromatic N) is 3. The molecule has 0 aliphatic rings. The Kier molecular flexibility index (Phi) is 7.98. The van der Waals surface area contributed by atoms with Crippen LogP contribution >= 0.6 is 11.8 Å². The van der Waals surface area contributed by atoms with E-state index in [1.807, 2.05) is 39.0 Å². The number of thioether (sulfide) groups is 1. The molecule has 34 heavy (non-hydrogen) atoms. The molecular weight excluding hydrogens is 467 g/mol. The van der Waals surface area contributed by atoms with Crippen molar-refractivity contribution in [2.24, 2.45) is 0 Å². The average Bonchev–Trinajstić information content (AvgIpc) is 3.15. The number of halogens is 3. The Balaban J connectivity index is 1.61. The zero-order chi connectivity index (χ0) is 24.9. The van der Waals surface area contributed by atoms with E-state index in [-0.39, 0.29) is 23.8 Å². The molecule has 11 heteroatoms. The van der Waals surface area contributed by atoms with E-state index in [1.165, 1.54) is 23.9 Å². The third kappa shape index (κ3) is 6.60. The van der Waals surface area contributed by atoms with Gasteiger partial charge in [-0.1, -0.05) is 30.0 Å². The zero-order valence-corrected chi connectivity index (χ0v) is 19.7. The summed E-state index contributed by atoms with van der Waals surface area (Å²) in [5, 5.41) is 13.9. The Labute approximate surface area is 199 Å². The van der Waals surface area contributed by atoms with Gasteiger partial charge in [-0.05, 0) is 56.2 Å². The maximum absolute atomic E-state index is 12.9. The van der Waals surface area contributed by atoms with E-state index in [1.54, 1.807) is 4.57 Å². The van der Waals surface area contributed by atoms with Crippen LogP contribution in [0.3, 0.4) is 0 Å². The smallest absolute Gasteiger partial charge is 0.326 e. The van der Waals surface area contributed by atoms with E-state index in [2.05, 4.69) is 20.8 Å². The lowest BCUT2D eigenvalue weighted by molar-refractivity contribution is -0.137. The summed E-state index contributed by atoms with van der Waals surface area (Å²) in [6.45, 7) is 6.16. The molecule has 2 amide bonds. The second kappa shape index (κ2) is 10.7. The summed E-state index contributed by atoms with van der Waals surface area (Å²) < 4.78 is 40.3. The van der Waals surface area contributed by atoms with E-state index in [9.17, 15) is 22.8 Å². The van der Waals surface area contributed by atoms with Crippen molar-refractivity contribution in [2.75, 3.05) is 16.4 Å². The summed E-state index contributed by atoms with van der Waals surface area (Å²) in [6.07, 6.45) is -4.67. The fraction of sp³-hybridized carbons (Fsp3) is 0.304. The fourth-order valence-corrected chi connectivity index (χ4v) is 4.00. The van der Waals surface area contributed by atoms with Crippen molar-refractivity contribution in [2.45, 2.75) is 45.1 Å². The van der Waals surface area contributed by atoms with Crippen LogP contribution < -0.4 is 10.6 Å². The number of carbonyl (C=O) groups excluding carboxylic acids is 2. The van der Waals surface area contributed by atoms with Crippen molar-refractivity contribution in [1.82, 2.24) is 14.8 Å². The topological polar surface area (TPSA) is 88.9 Å². The van der Waals surface area contributed by atoms with Crippen molar-refractivity contribution in [1.29, 1.82) is 0 Å². The van der Waals surface area contributed by atoms with Crippen LogP contribution in [0.1, 0.15) is 29.4 Å². The fourth-order valence-electron chi connectivity index (χ4n) is 3.18. The molecule has 2 aromatic carbocycles. The molecule has 0 fully saturated rings. The molecule has 0 unspecified atom stereocenters. The molecule has 0 radical (unpaired) electrons. The third-order valence-electron chi connectivity index (χ3n) is 4.90. The van der Waals surface area contributed by atoms with Gasteiger partial charge in [-0.15, -0.1) is 10.2 Å². The van der Waals surface area contributed by atoms with E-state index >= 15 is 0 Å². The highest BCUT2D eigenvalue weighted by atomic mass is 32.2. The molecule has 1 aromatic heterocycles. The summed E-state index contributed by atoms with van der Waals surface area (Å²) in [7, 11) is 0. The van der Waals surface area contributed by atoms with Crippen LogP contribution in [0.25, 0.3) is 0 Å². The van der Waals surface area contributed by atoms with E-state index in [0.717, 1.165) is 28.9 Å². The maximum atomic E-state index is 12.9. The molecule has 0 spiro atoms. The Hall–Kier alpha value is -3.34. The number of aryl methyl sites for hydroxylation is 2. The Morgan fingerprint density at radius 3 is 2.50 bits per heavy atom. The average molecular weight is 492 g/mol. The second-order valence-electron chi connectivity index (χ2n) is 7.60. The minimum absolute atomic E-state index is 0.0418. The highest BCUT2D eigenvalue weighted by molar-refractivity contribution is 7.99. The predicted molar refractivity (Wildman–Crippen MR) is 125 cm³/mol. The van der Waals surface area contributed by atoms with Crippen molar-refractivity contribution in [3.8, 4) is 0 Å². The van der Waals surface area contributed by atoms with Gasteiger partial charge in [0.1, 0.15) is 5.82 Å². The van der Waals surface area contributed by atoms with Crippen molar-refractivity contribution >= 4 is 35.0 Å². The largest absolute Gasteiger partial charge is 0.416 e. The van der Waals surface area contributed by atoms with Gasteiger partial charge in [0.15, 0.2) is 5.16 Å². The number of alkyl halides is 3. The molecule has 0 saturated heterocycles. The molecule has 0 atom stereocenters. The molecule has 180 valence electrons. The van der Waals surface area contributed by atoms with E-state index in [0.29, 0.717) is 17.5 Å². The van der Waals surface area contributed by atoms with Crippen LogP contribution in [0.5, 0.6) is 0 Å². The first-order chi connectivity index (χ1) is 16.1. The van der Waals surface area contributed by atoms with Crippen LogP contribution in [-0.2, 0) is 28.7 Å². The standard InChI is InChI=1S/C23H24F3N5O2S/c1-4-31-19(12-20(32)27-17-7-5-6-16(11-17)23(24,25)26)29-30-22(31)34-13-21(33)28-18-10-14(2)8-9-15(18)3/h5-11H,4,12-13H2,1-3H3,(H,27,32)(H,28,33). The van der Waals surface area contributed by atoms with Crippen LogP contribution in [0.15, 0.2) is 47.6 Å². The lowest BCUT2D eigenvalue weighted by Gasteiger charge is -2.11. The van der Waals surface area contributed by atoms with Gasteiger partial charge in [-0.2, -0.15) is 13.2 Å². The molecule has 7 nitrogen and oxygen atoms in total. The number of hydrogen-bond acceptors (Lipinski definition) is 5. The van der Waals surface area contributed by atoms with Gasteiger partial charge in [0, 0.05) is 17.9 Å². The summed E-state index contributed by atoms with van der Waals surface area (Å²) >= 11 is 1.19. The molecule has 2 N–H and O–H groups in total. The summed E-state index contributed by atoms with van der Waals surface area (Å²) in [5.74, 6) is -0.273. The monoisotopic (exact) mass is 491 g/mol. The summed E-state index contributed by atoms with van der Waals surface area (Å²) in [6, 6.07) is 10.2. The number of aromatic nitrogens is 3. The summed E-state index contributed by atoms with van der Waals surface area (Å²) in [4.78, 5) is 24.8. The minimum atomic E-state index is -4.50. The first-order valence-electron chi connectivity index (χ1n) is 10.5. The van der Waals surface area contributed by atoms with Crippen LogP contribution in [-0.4, -0.2) is 32.3 Å². The number of hydrogen-bond donors (Lipinski definition) is 2. The lowest BCUT2D eigenvalue weighted by atomic mass is 10.1. The molecule has 3 rings (SSSR count). The van der Waals surface area contributed by atoms with E-state index < -0.39 is 17.6 Å². The highest BCUT2D eigenvalue weighted by Gasteiger charge is 2.30. The van der Waals surface area contributed by atoms with Gasteiger partial charge >= 0.3 is 6.18 Å². The third-order valence-corrected chi connectivity index (χ3v) is 5.87. The van der Waals surface area contributed by atoms with Gasteiger partial charge in [0.25, 0.3) is 0 Å². The Morgan fingerprint density at radius 2 is 1.79 bits per heavy atom. The van der Waals surface area contributed by atoms with Gasteiger partial charge in [-0.3, -0.25) is 9.59 Å². The van der Waals surface area contributed by atoms with Crippen LogP contribution in [0.2, 0.25) is 0 Å². The number of carbonyl (C=O) groups is 2. The quantitative estimate of drug-likeness (QED) is 0.440. The van der Waals surface area contributed by atoms with E-state index in [4.69, 9.17) is 0 Å². The van der Waals surface area contributed by atoms with Crippen LogP contribution in [0.4, 0.5) is 24.5 Å². The molecule has 1 heterocycles.